The summed E-state index contributed by atoms with van der Waals surface area (Å²) in [7, 11) is -3.35. The van der Waals surface area contributed by atoms with Gasteiger partial charge in [-0.15, -0.1) is 0 Å². The van der Waals surface area contributed by atoms with Crippen LogP contribution in [0.1, 0.15) is 25.8 Å². The highest BCUT2D eigenvalue weighted by molar-refractivity contribution is 7.92. The van der Waals surface area contributed by atoms with Crippen molar-refractivity contribution in [2.24, 2.45) is 0 Å². The topological polar surface area (TPSA) is 63.2 Å². The average Bonchev–Trinajstić information content (AvgIpc) is 2.54. The summed E-state index contributed by atoms with van der Waals surface area (Å²) in [6.45, 7) is 3.68. The second-order valence-corrected chi connectivity index (χ2v) is 8.13. The number of fused-ring (bicyclic) bond motifs is 1. The van der Waals surface area contributed by atoms with E-state index in [0.29, 0.717) is 19.4 Å². The summed E-state index contributed by atoms with van der Waals surface area (Å²) in [5, 5.41) is 4.08. The molecule has 0 saturated heterocycles. The molecule has 1 amide bonds. The molecule has 2 aromatic rings. The van der Waals surface area contributed by atoms with Crippen LogP contribution in [0, 0.1) is 0 Å². The van der Waals surface area contributed by atoms with Crippen molar-refractivity contribution in [3.8, 4) is 0 Å². The fourth-order valence-corrected chi connectivity index (χ4v) is 3.93. The van der Waals surface area contributed by atoms with E-state index in [1.54, 1.807) is 6.92 Å². The van der Waals surface area contributed by atoms with Crippen molar-refractivity contribution in [1.82, 2.24) is 5.32 Å². The van der Waals surface area contributed by atoms with Crippen LogP contribution < -0.4 is 5.32 Å². The molecule has 2 rings (SSSR count). The number of benzene rings is 2. The van der Waals surface area contributed by atoms with Gasteiger partial charge in [-0.05, 0) is 36.1 Å². The first kappa shape index (κ1) is 17.5. The van der Waals surface area contributed by atoms with Crippen molar-refractivity contribution in [1.29, 1.82) is 0 Å². The third-order valence-corrected chi connectivity index (χ3v) is 6.24. The molecule has 1 atom stereocenters. The minimum absolute atomic E-state index is 0.0465. The number of rotatable bonds is 7. The van der Waals surface area contributed by atoms with Crippen molar-refractivity contribution < 1.29 is 13.2 Å². The highest BCUT2D eigenvalue weighted by atomic mass is 32.2. The number of sulfone groups is 1. The lowest BCUT2D eigenvalue weighted by Gasteiger charge is -2.13. The fourth-order valence-electron chi connectivity index (χ4n) is 2.60. The molecule has 0 aliphatic carbocycles. The van der Waals surface area contributed by atoms with Crippen LogP contribution in [0.3, 0.4) is 0 Å². The van der Waals surface area contributed by atoms with Gasteiger partial charge in [0, 0.05) is 6.54 Å². The molecular weight excluding hydrogens is 310 g/mol. The van der Waals surface area contributed by atoms with Gasteiger partial charge in [-0.25, -0.2) is 8.42 Å². The van der Waals surface area contributed by atoms with Gasteiger partial charge in [-0.1, -0.05) is 49.4 Å². The van der Waals surface area contributed by atoms with Gasteiger partial charge in [0.05, 0.1) is 5.75 Å². The normalized spacial score (nSPS) is 13.0. The van der Waals surface area contributed by atoms with Crippen LogP contribution in [0.25, 0.3) is 10.8 Å². The van der Waals surface area contributed by atoms with Crippen molar-refractivity contribution in [3.05, 3.63) is 48.0 Å². The quantitative estimate of drug-likeness (QED) is 0.847. The molecule has 0 heterocycles. The van der Waals surface area contributed by atoms with Crippen molar-refractivity contribution >= 4 is 26.5 Å². The van der Waals surface area contributed by atoms with Gasteiger partial charge in [0.1, 0.15) is 5.25 Å². The Hall–Kier alpha value is -1.88. The number of hydrogen-bond acceptors (Lipinski definition) is 3. The van der Waals surface area contributed by atoms with Gasteiger partial charge >= 0.3 is 0 Å². The maximum atomic E-state index is 12.0. The largest absolute Gasteiger partial charge is 0.355 e. The Kier molecular flexibility index (Phi) is 5.77. The van der Waals surface area contributed by atoms with Crippen LogP contribution in [0.2, 0.25) is 0 Å². The Balaban J connectivity index is 1.98. The first-order chi connectivity index (χ1) is 11.0. The molecule has 0 fully saturated rings. The first-order valence-electron chi connectivity index (χ1n) is 7.91. The van der Waals surface area contributed by atoms with Crippen LogP contribution >= 0.6 is 0 Å². The third-order valence-electron chi connectivity index (χ3n) is 3.97. The second-order valence-electron chi connectivity index (χ2n) is 5.69. The maximum Gasteiger partial charge on any atom is 0.238 e. The molecule has 0 aliphatic rings. The van der Waals surface area contributed by atoms with Gasteiger partial charge < -0.3 is 5.32 Å². The van der Waals surface area contributed by atoms with Crippen LogP contribution in [-0.2, 0) is 21.1 Å². The molecule has 0 bridgehead atoms. The van der Waals surface area contributed by atoms with E-state index in [2.05, 4.69) is 23.5 Å². The molecule has 2 aromatic carbocycles. The molecule has 0 saturated carbocycles. The third kappa shape index (κ3) is 4.32. The predicted octanol–water partition coefficient (Wildman–Crippen LogP) is 2.71. The van der Waals surface area contributed by atoms with E-state index in [1.165, 1.54) is 6.92 Å². The Bertz CT molecular complexity index is 778. The van der Waals surface area contributed by atoms with E-state index >= 15 is 0 Å². The standard InChI is InChI=1S/C18H23NO3S/c1-3-13-23(21,22)14(2)18(20)19-12-11-16-9-6-8-15-7-4-5-10-17(15)16/h4-10,14H,3,11-13H2,1-2H3,(H,19,20)/t14-/m0/s1. The number of carbonyl (C=O) groups excluding carboxylic acids is 1. The Morgan fingerprint density at radius 3 is 2.57 bits per heavy atom. The SMILES string of the molecule is CCCS(=O)(=O)[C@@H](C)C(=O)NCCc1cccc2ccccc12. The summed E-state index contributed by atoms with van der Waals surface area (Å²) in [5.74, 6) is -0.371. The highest BCUT2D eigenvalue weighted by Gasteiger charge is 2.26. The minimum Gasteiger partial charge on any atom is -0.355 e. The molecule has 0 aliphatic heterocycles. The Labute approximate surface area is 137 Å². The molecular formula is C18H23NO3S. The zero-order valence-electron chi connectivity index (χ0n) is 13.6. The van der Waals surface area contributed by atoms with E-state index in [1.807, 2.05) is 24.3 Å². The van der Waals surface area contributed by atoms with Crippen LogP contribution in [0.4, 0.5) is 0 Å². The van der Waals surface area contributed by atoms with Crippen molar-refractivity contribution in [3.63, 3.8) is 0 Å². The first-order valence-corrected chi connectivity index (χ1v) is 9.63. The monoisotopic (exact) mass is 333 g/mol. The lowest BCUT2D eigenvalue weighted by Crippen LogP contribution is -2.39. The molecule has 23 heavy (non-hydrogen) atoms. The predicted molar refractivity (Wildman–Crippen MR) is 94.2 cm³/mol. The lowest BCUT2D eigenvalue weighted by molar-refractivity contribution is -0.120. The summed E-state index contributed by atoms with van der Waals surface area (Å²) in [5.41, 5.74) is 1.15. The zero-order valence-corrected chi connectivity index (χ0v) is 14.4. The van der Waals surface area contributed by atoms with Crippen LogP contribution in [-0.4, -0.2) is 31.9 Å². The van der Waals surface area contributed by atoms with Gasteiger partial charge in [-0.3, -0.25) is 4.79 Å². The van der Waals surface area contributed by atoms with E-state index in [0.717, 1.165) is 16.3 Å². The molecule has 5 heteroatoms. The summed E-state index contributed by atoms with van der Waals surface area (Å²) in [4.78, 5) is 12.0. The Morgan fingerprint density at radius 1 is 1.13 bits per heavy atom. The summed E-state index contributed by atoms with van der Waals surface area (Å²) >= 11 is 0. The van der Waals surface area contributed by atoms with E-state index in [9.17, 15) is 13.2 Å². The molecule has 0 unspecified atom stereocenters. The number of nitrogens with one attached hydrogen (secondary N) is 1. The van der Waals surface area contributed by atoms with E-state index in [-0.39, 0.29) is 5.75 Å². The van der Waals surface area contributed by atoms with Gasteiger partial charge in [0.25, 0.3) is 0 Å². The molecule has 0 spiro atoms. The lowest BCUT2D eigenvalue weighted by atomic mass is 10.0. The second kappa shape index (κ2) is 7.59. The number of amides is 1. The zero-order chi connectivity index (χ0) is 16.9. The molecule has 1 N–H and O–H groups in total. The molecule has 0 radical (unpaired) electrons. The number of carbonyl (C=O) groups is 1. The summed E-state index contributed by atoms with van der Waals surface area (Å²) < 4.78 is 23.8. The van der Waals surface area contributed by atoms with Crippen molar-refractivity contribution in [2.75, 3.05) is 12.3 Å². The van der Waals surface area contributed by atoms with E-state index in [4.69, 9.17) is 0 Å². The number of hydrogen-bond donors (Lipinski definition) is 1. The van der Waals surface area contributed by atoms with Gasteiger partial charge in [-0.2, -0.15) is 0 Å². The smallest absolute Gasteiger partial charge is 0.238 e. The van der Waals surface area contributed by atoms with Gasteiger partial charge in [0.15, 0.2) is 9.84 Å². The summed E-state index contributed by atoms with van der Waals surface area (Å²) in [6.07, 6.45) is 1.20. The molecule has 124 valence electrons. The van der Waals surface area contributed by atoms with Crippen LogP contribution in [0.15, 0.2) is 42.5 Å². The maximum absolute atomic E-state index is 12.0. The molecule has 0 aromatic heterocycles. The minimum atomic E-state index is -3.35. The van der Waals surface area contributed by atoms with Gasteiger partial charge in [0.2, 0.25) is 5.91 Å². The van der Waals surface area contributed by atoms with Crippen molar-refractivity contribution in [2.45, 2.75) is 31.9 Å². The van der Waals surface area contributed by atoms with E-state index < -0.39 is 21.0 Å². The summed E-state index contributed by atoms with van der Waals surface area (Å²) in [6, 6.07) is 14.2. The fraction of sp³-hybridized carbons (Fsp3) is 0.389. The Morgan fingerprint density at radius 2 is 1.83 bits per heavy atom. The van der Waals surface area contributed by atoms with Crippen LogP contribution in [0.5, 0.6) is 0 Å². The highest BCUT2D eigenvalue weighted by Crippen LogP contribution is 2.18. The average molecular weight is 333 g/mol. The molecule has 4 nitrogen and oxygen atoms in total.